The monoisotopic (exact) mass is 378 g/mol. The van der Waals surface area contributed by atoms with Gasteiger partial charge in [-0.2, -0.15) is 0 Å². The first-order valence-electron chi connectivity index (χ1n) is 8.94. The number of amidine groups is 2. The predicted octanol–water partition coefficient (Wildman–Crippen LogP) is 3.00. The largest absolute Gasteiger partial charge is 0.384 e. The van der Waals surface area contributed by atoms with E-state index in [-0.39, 0.29) is 11.7 Å². The second kappa shape index (κ2) is 8.81. The standard InChI is InChI=1S/C18H20N8.C2H6/c1-3-10(17(19)20)6-13-9(2)23-15(25-13)8-16-24-12-5-4-11(18(21)22)7-14(12)26-16;1-2/h3-7H,1,8H2,2H3,(H3,19,20)(H3,21,22)(H,23,25)(H,24,26);1-2H3/b10-6+;. The molecule has 0 fully saturated rings. The quantitative estimate of drug-likeness (QED) is 0.221. The van der Waals surface area contributed by atoms with Crippen LogP contribution < -0.4 is 11.5 Å². The second-order valence-electron chi connectivity index (χ2n) is 5.92. The van der Waals surface area contributed by atoms with E-state index in [1.165, 1.54) is 6.08 Å². The van der Waals surface area contributed by atoms with Crippen LogP contribution in [0.3, 0.4) is 0 Å². The number of aryl methyl sites for hydroxylation is 1. The van der Waals surface area contributed by atoms with Crippen LogP contribution in [-0.4, -0.2) is 31.6 Å². The van der Waals surface area contributed by atoms with E-state index < -0.39 is 0 Å². The van der Waals surface area contributed by atoms with Gasteiger partial charge in [0.1, 0.15) is 23.3 Å². The number of nitrogens with zero attached hydrogens (tertiary/aromatic N) is 2. The molecule has 0 bridgehead atoms. The van der Waals surface area contributed by atoms with Gasteiger partial charge in [-0.3, -0.25) is 10.8 Å². The first-order valence-corrected chi connectivity index (χ1v) is 8.94. The van der Waals surface area contributed by atoms with Crippen molar-refractivity contribution in [3.05, 3.63) is 65.0 Å². The van der Waals surface area contributed by atoms with Crippen LogP contribution in [0.4, 0.5) is 0 Å². The maximum absolute atomic E-state index is 7.53. The molecule has 8 nitrogen and oxygen atoms in total. The fourth-order valence-electron chi connectivity index (χ4n) is 2.63. The zero-order valence-corrected chi connectivity index (χ0v) is 16.4. The molecule has 0 spiro atoms. The van der Waals surface area contributed by atoms with Gasteiger partial charge in [-0.15, -0.1) is 0 Å². The minimum absolute atomic E-state index is 0.0182. The topological polar surface area (TPSA) is 157 Å². The molecule has 1 aromatic carbocycles. The lowest BCUT2D eigenvalue weighted by Crippen LogP contribution is -2.11. The summed E-state index contributed by atoms with van der Waals surface area (Å²) in [6.07, 6.45) is 3.74. The first-order chi connectivity index (χ1) is 13.4. The Bertz CT molecular complexity index is 1050. The highest BCUT2D eigenvalue weighted by Crippen LogP contribution is 2.17. The van der Waals surface area contributed by atoms with Gasteiger partial charge in [-0.25, -0.2) is 9.97 Å². The smallest absolute Gasteiger partial charge is 0.122 e. The lowest BCUT2D eigenvalue weighted by atomic mass is 10.2. The lowest BCUT2D eigenvalue weighted by Gasteiger charge is -1.97. The number of imidazole rings is 2. The molecule has 2 aromatic heterocycles. The summed E-state index contributed by atoms with van der Waals surface area (Å²) >= 11 is 0. The van der Waals surface area contributed by atoms with E-state index >= 15 is 0 Å². The molecule has 0 aliphatic carbocycles. The Morgan fingerprint density at radius 2 is 1.82 bits per heavy atom. The first kappa shape index (κ1) is 20.6. The van der Waals surface area contributed by atoms with E-state index in [4.69, 9.17) is 22.3 Å². The summed E-state index contributed by atoms with van der Waals surface area (Å²) in [7, 11) is 0. The van der Waals surface area contributed by atoms with E-state index in [2.05, 4.69) is 26.5 Å². The third kappa shape index (κ3) is 4.53. The number of hydrogen-bond donors (Lipinski definition) is 6. The number of fused-ring (bicyclic) bond motifs is 1. The summed E-state index contributed by atoms with van der Waals surface area (Å²) in [4.78, 5) is 15.5. The van der Waals surface area contributed by atoms with Crippen LogP contribution in [-0.2, 0) is 6.42 Å². The molecule has 2 heterocycles. The fraction of sp³-hybridized carbons (Fsp3) is 0.200. The SMILES string of the molecule is C=C/C(=C\c1nc(Cc2nc3ccc(C(=N)N)cc3[nH]2)[nH]c1C)C(=N)N.CC. The molecular weight excluding hydrogens is 352 g/mol. The third-order valence-electron chi connectivity index (χ3n) is 3.97. The molecule has 8 N–H and O–H groups in total. The van der Waals surface area contributed by atoms with Gasteiger partial charge in [0, 0.05) is 16.8 Å². The molecule has 8 heteroatoms. The Hall–Kier alpha value is -3.68. The Morgan fingerprint density at radius 3 is 2.43 bits per heavy atom. The van der Waals surface area contributed by atoms with Crippen molar-refractivity contribution in [1.82, 2.24) is 19.9 Å². The van der Waals surface area contributed by atoms with Gasteiger partial charge in [0.05, 0.1) is 23.1 Å². The summed E-state index contributed by atoms with van der Waals surface area (Å²) in [5, 5.41) is 15.0. The van der Waals surface area contributed by atoms with E-state index in [0.29, 0.717) is 23.3 Å². The van der Waals surface area contributed by atoms with Crippen molar-refractivity contribution in [3.63, 3.8) is 0 Å². The number of benzene rings is 1. The Labute approximate surface area is 163 Å². The average molecular weight is 378 g/mol. The number of hydrogen-bond acceptors (Lipinski definition) is 4. The number of aromatic nitrogens is 4. The Kier molecular flexibility index (Phi) is 6.49. The number of rotatable bonds is 6. The van der Waals surface area contributed by atoms with Crippen LogP contribution in [0.1, 0.15) is 42.4 Å². The van der Waals surface area contributed by atoms with Crippen molar-refractivity contribution in [3.8, 4) is 0 Å². The molecule has 0 atom stereocenters. The van der Waals surface area contributed by atoms with Gasteiger partial charge in [-0.1, -0.05) is 26.5 Å². The minimum Gasteiger partial charge on any atom is -0.384 e. The van der Waals surface area contributed by atoms with Gasteiger partial charge in [0.15, 0.2) is 0 Å². The number of H-pyrrole nitrogens is 2. The fourth-order valence-corrected chi connectivity index (χ4v) is 2.63. The lowest BCUT2D eigenvalue weighted by molar-refractivity contribution is 0.947. The molecule has 3 aromatic rings. The highest BCUT2D eigenvalue weighted by molar-refractivity contribution is 6.01. The summed E-state index contributed by atoms with van der Waals surface area (Å²) in [5.74, 6) is 1.46. The number of nitrogen functional groups attached to an aromatic ring is 1. The van der Waals surface area contributed by atoms with E-state index in [1.54, 1.807) is 18.2 Å². The highest BCUT2D eigenvalue weighted by Gasteiger charge is 2.10. The molecule has 0 aliphatic rings. The average Bonchev–Trinajstić information content (AvgIpc) is 3.22. The minimum atomic E-state index is -0.0532. The third-order valence-corrected chi connectivity index (χ3v) is 3.97. The molecule has 0 saturated carbocycles. The van der Waals surface area contributed by atoms with Crippen molar-refractivity contribution >= 4 is 28.8 Å². The van der Waals surface area contributed by atoms with Crippen molar-refractivity contribution < 1.29 is 0 Å². The maximum Gasteiger partial charge on any atom is 0.122 e. The molecule has 0 amide bonds. The zero-order valence-electron chi connectivity index (χ0n) is 16.4. The molecule has 0 radical (unpaired) electrons. The highest BCUT2D eigenvalue weighted by atomic mass is 15.0. The maximum atomic E-state index is 7.53. The van der Waals surface area contributed by atoms with Gasteiger partial charge in [-0.05, 0) is 31.2 Å². The van der Waals surface area contributed by atoms with Crippen LogP contribution in [0, 0.1) is 17.7 Å². The molecule has 0 saturated heterocycles. The van der Waals surface area contributed by atoms with Crippen LogP contribution in [0.2, 0.25) is 0 Å². The summed E-state index contributed by atoms with van der Waals surface area (Å²) in [5.41, 5.74) is 15.4. The zero-order chi connectivity index (χ0) is 20.8. The van der Waals surface area contributed by atoms with Gasteiger partial charge in [0.25, 0.3) is 0 Å². The Morgan fingerprint density at radius 1 is 1.14 bits per heavy atom. The van der Waals surface area contributed by atoms with E-state index in [1.807, 2.05) is 26.8 Å². The molecule has 28 heavy (non-hydrogen) atoms. The van der Waals surface area contributed by atoms with Gasteiger partial charge >= 0.3 is 0 Å². The van der Waals surface area contributed by atoms with Crippen molar-refractivity contribution in [2.24, 2.45) is 11.5 Å². The molecule has 0 unspecified atom stereocenters. The van der Waals surface area contributed by atoms with Crippen LogP contribution >= 0.6 is 0 Å². The molecule has 146 valence electrons. The van der Waals surface area contributed by atoms with Crippen molar-refractivity contribution in [1.29, 1.82) is 10.8 Å². The van der Waals surface area contributed by atoms with Gasteiger partial charge < -0.3 is 21.4 Å². The predicted molar refractivity (Wildman–Crippen MR) is 115 cm³/mol. The van der Waals surface area contributed by atoms with E-state index in [9.17, 15) is 0 Å². The van der Waals surface area contributed by atoms with Crippen molar-refractivity contribution in [2.75, 3.05) is 0 Å². The van der Waals surface area contributed by atoms with Gasteiger partial charge in [0.2, 0.25) is 0 Å². The van der Waals surface area contributed by atoms with Crippen LogP contribution in [0.5, 0.6) is 0 Å². The molecule has 0 aliphatic heterocycles. The molecular formula is C20H26N8. The van der Waals surface area contributed by atoms with Crippen molar-refractivity contribution in [2.45, 2.75) is 27.2 Å². The second-order valence-corrected chi connectivity index (χ2v) is 5.92. The summed E-state index contributed by atoms with van der Waals surface area (Å²) in [6.45, 7) is 9.56. The number of nitrogens with two attached hydrogens (primary N) is 2. The number of nitrogens with one attached hydrogen (secondary N) is 4. The summed E-state index contributed by atoms with van der Waals surface area (Å²) in [6, 6.07) is 5.41. The normalized spacial score (nSPS) is 11.0. The van der Waals surface area contributed by atoms with E-state index in [0.717, 1.165) is 28.4 Å². The molecule has 3 rings (SSSR count). The van der Waals surface area contributed by atoms with Crippen LogP contribution in [0.25, 0.3) is 17.1 Å². The Balaban J connectivity index is 0.00000136. The summed E-state index contributed by atoms with van der Waals surface area (Å²) < 4.78 is 0. The van der Waals surface area contributed by atoms with Crippen LogP contribution in [0.15, 0.2) is 36.4 Å². The number of aromatic amines is 2.